The van der Waals surface area contributed by atoms with E-state index in [1.807, 2.05) is 12.1 Å². The van der Waals surface area contributed by atoms with Crippen LogP contribution in [0.15, 0.2) is 36.4 Å². The summed E-state index contributed by atoms with van der Waals surface area (Å²) in [5.74, 6) is 1.09. The molecule has 0 spiro atoms. The minimum Gasteiger partial charge on any atom is -0.324 e. The summed E-state index contributed by atoms with van der Waals surface area (Å²) in [4.78, 5) is 8.81. The van der Waals surface area contributed by atoms with Crippen molar-refractivity contribution in [2.24, 2.45) is 0 Å². The van der Waals surface area contributed by atoms with Gasteiger partial charge >= 0.3 is 0 Å². The Bertz CT molecular complexity index is 984. The molecule has 0 saturated carbocycles. The number of halogens is 3. The first kappa shape index (κ1) is 13.7. The second-order valence-electron chi connectivity index (χ2n) is 4.74. The minimum absolute atomic E-state index is 0.540. The number of aromatic nitrogens is 4. The number of nitrogens with one attached hydrogen (secondary N) is 2. The number of rotatable bonds is 2. The Balaban J connectivity index is 1.76. The lowest BCUT2D eigenvalue weighted by molar-refractivity contribution is 1.01. The molecular formula is C14H8Cl3N5. The summed E-state index contributed by atoms with van der Waals surface area (Å²) >= 11 is 17.9. The van der Waals surface area contributed by atoms with Crippen molar-refractivity contribution in [2.75, 3.05) is 5.32 Å². The summed E-state index contributed by atoms with van der Waals surface area (Å²) in [6.45, 7) is 0. The van der Waals surface area contributed by atoms with Crippen LogP contribution in [0.5, 0.6) is 0 Å². The third-order valence-corrected chi connectivity index (χ3v) is 3.83. The van der Waals surface area contributed by atoms with E-state index in [1.54, 1.807) is 28.8 Å². The van der Waals surface area contributed by atoms with Crippen LogP contribution in [0.25, 0.3) is 16.8 Å². The van der Waals surface area contributed by atoms with Gasteiger partial charge in [-0.3, -0.25) is 5.10 Å². The Morgan fingerprint density at radius 1 is 0.909 bits per heavy atom. The molecule has 0 unspecified atom stereocenters. The molecule has 8 heteroatoms. The fourth-order valence-corrected chi connectivity index (χ4v) is 2.97. The van der Waals surface area contributed by atoms with Gasteiger partial charge in [0.1, 0.15) is 0 Å². The van der Waals surface area contributed by atoms with E-state index in [2.05, 4.69) is 20.4 Å². The van der Waals surface area contributed by atoms with Crippen molar-refractivity contribution < 1.29 is 0 Å². The van der Waals surface area contributed by atoms with Gasteiger partial charge in [-0.15, -0.1) is 0 Å². The number of imidazole rings is 1. The molecule has 2 aromatic heterocycles. The maximum atomic E-state index is 5.98. The van der Waals surface area contributed by atoms with Gasteiger partial charge in [-0.1, -0.05) is 34.8 Å². The summed E-state index contributed by atoms with van der Waals surface area (Å²) < 4.78 is 1.78. The van der Waals surface area contributed by atoms with Crippen molar-refractivity contribution in [3.8, 4) is 0 Å². The van der Waals surface area contributed by atoms with E-state index in [0.29, 0.717) is 26.8 Å². The van der Waals surface area contributed by atoms with Crippen LogP contribution in [0, 0.1) is 0 Å². The Kier molecular flexibility index (Phi) is 3.14. The number of benzene rings is 2. The highest BCUT2D eigenvalue weighted by Gasteiger charge is 2.10. The van der Waals surface area contributed by atoms with Crippen molar-refractivity contribution in [2.45, 2.75) is 0 Å². The van der Waals surface area contributed by atoms with E-state index in [1.165, 1.54) is 0 Å². The molecule has 2 N–H and O–H groups in total. The van der Waals surface area contributed by atoms with Gasteiger partial charge in [0.05, 0.1) is 11.0 Å². The van der Waals surface area contributed by atoms with Gasteiger partial charge in [0.25, 0.3) is 5.78 Å². The highest BCUT2D eigenvalue weighted by Crippen LogP contribution is 2.25. The largest absolute Gasteiger partial charge is 0.324 e. The second-order valence-corrected chi connectivity index (χ2v) is 6.04. The molecule has 2 heterocycles. The highest BCUT2D eigenvalue weighted by molar-refractivity contribution is 6.35. The van der Waals surface area contributed by atoms with Crippen molar-refractivity contribution in [3.63, 3.8) is 0 Å². The van der Waals surface area contributed by atoms with Gasteiger partial charge in [-0.05, 0) is 36.4 Å². The molecule has 0 aliphatic rings. The molecule has 0 amide bonds. The molecule has 0 bridgehead atoms. The molecule has 4 rings (SSSR count). The van der Waals surface area contributed by atoms with Crippen LogP contribution in [0.2, 0.25) is 15.1 Å². The number of fused-ring (bicyclic) bond motifs is 3. The first-order chi connectivity index (χ1) is 10.6. The third kappa shape index (κ3) is 2.37. The molecule has 0 aliphatic heterocycles. The Morgan fingerprint density at radius 3 is 2.45 bits per heavy atom. The monoisotopic (exact) mass is 351 g/mol. The van der Waals surface area contributed by atoms with Crippen molar-refractivity contribution in [1.82, 2.24) is 19.6 Å². The number of aromatic amines is 1. The van der Waals surface area contributed by atoms with E-state index < -0.39 is 0 Å². The Labute approximate surface area is 139 Å². The van der Waals surface area contributed by atoms with Gasteiger partial charge in [-0.2, -0.15) is 4.98 Å². The number of H-pyrrole nitrogens is 1. The van der Waals surface area contributed by atoms with E-state index in [0.717, 1.165) is 16.7 Å². The van der Waals surface area contributed by atoms with Crippen molar-refractivity contribution >= 4 is 63.2 Å². The second kappa shape index (κ2) is 5.05. The van der Waals surface area contributed by atoms with E-state index >= 15 is 0 Å². The lowest BCUT2D eigenvalue weighted by Gasteiger charge is -2.03. The lowest BCUT2D eigenvalue weighted by atomic mass is 10.3. The molecular weight excluding hydrogens is 345 g/mol. The van der Waals surface area contributed by atoms with Gasteiger partial charge in [0, 0.05) is 20.8 Å². The average molecular weight is 353 g/mol. The van der Waals surface area contributed by atoms with Gasteiger partial charge < -0.3 is 5.32 Å². The molecule has 22 heavy (non-hydrogen) atoms. The molecule has 0 atom stereocenters. The van der Waals surface area contributed by atoms with Crippen LogP contribution in [0.1, 0.15) is 0 Å². The SMILES string of the molecule is Clc1cc(Cl)cc(Nc2nc3nc4cc(Cl)ccc4n3[nH]2)c1. The van der Waals surface area contributed by atoms with Crippen LogP contribution < -0.4 is 5.32 Å². The quantitative estimate of drug-likeness (QED) is 0.538. The van der Waals surface area contributed by atoms with Crippen LogP contribution in [0.3, 0.4) is 0 Å². The number of anilines is 2. The number of nitrogens with zero attached hydrogens (tertiary/aromatic N) is 3. The standard InChI is InChI=1S/C14H8Cl3N5/c15-7-1-2-12-11(6-7)19-14-20-13(21-22(12)14)18-10-4-8(16)3-9(17)5-10/h1-6H,(H2,18,19,20,21). The molecule has 0 fully saturated rings. The summed E-state index contributed by atoms with van der Waals surface area (Å²) in [7, 11) is 0. The zero-order chi connectivity index (χ0) is 15.3. The topological polar surface area (TPSA) is 58.0 Å². The van der Waals surface area contributed by atoms with Crippen LogP contribution >= 0.6 is 34.8 Å². The number of hydrogen-bond donors (Lipinski definition) is 2. The molecule has 2 aromatic carbocycles. The van der Waals surface area contributed by atoms with Gasteiger partial charge in [-0.25, -0.2) is 9.50 Å². The normalized spacial score (nSPS) is 11.4. The van der Waals surface area contributed by atoms with Gasteiger partial charge in [0.2, 0.25) is 5.95 Å². The Hall–Kier alpha value is -1.95. The first-order valence-electron chi connectivity index (χ1n) is 6.35. The predicted octanol–water partition coefficient (Wildman–Crippen LogP) is 4.91. The fraction of sp³-hybridized carbons (Fsp3) is 0. The summed E-state index contributed by atoms with van der Waals surface area (Å²) in [6, 6.07) is 10.7. The number of hydrogen-bond acceptors (Lipinski definition) is 3. The third-order valence-electron chi connectivity index (χ3n) is 3.15. The summed E-state index contributed by atoms with van der Waals surface area (Å²) in [5.41, 5.74) is 2.41. The first-order valence-corrected chi connectivity index (χ1v) is 7.49. The molecule has 0 aliphatic carbocycles. The summed E-state index contributed by atoms with van der Waals surface area (Å²) in [6.07, 6.45) is 0. The van der Waals surface area contributed by atoms with Gasteiger partial charge in [0.15, 0.2) is 0 Å². The maximum absolute atomic E-state index is 5.98. The molecule has 0 radical (unpaired) electrons. The Morgan fingerprint density at radius 2 is 1.68 bits per heavy atom. The smallest absolute Gasteiger partial charge is 0.253 e. The van der Waals surface area contributed by atoms with Crippen molar-refractivity contribution in [1.29, 1.82) is 0 Å². The molecule has 4 aromatic rings. The van der Waals surface area contributed by atoms with Crippen molar-refractivity contribution in [3.05, 3.63) is 51.5 Å². The predicted molar refractivity (Wildman–Crippen MR) is 89.6 cm³/mol. The lowest BCUT2D eigenvalue weighted by Crippen LogP contribution is -1.93. The van der Waals surface area contributed by atoms with E-state index in [9.17, 15) is 0 Å². The molecule has 0 saturated heterocycles. The zero-order valence-electron chi connectivity index (χ0n) is 10.9. The minimum atomic E-state index is 0.540. The summed E-state index contributed by atoms with van der Waals surface area (Å²) in [5, 5.41) is 7.98. The zero-order valence-corrected chi connectivity index (χ0v) is 13.2. The fourth-order valence-electron chi connectivity index (χ4n) is 2.28. The van der Waals surface area contributed by atoms with Crippen LogP contribution in [-0.4, -0.2) is 19.6 Å². The molecule has 110 valence electrons. The maximum Gasteiger partial charge on any atom is 0.253 e. The average Bonchev–Trinajstić information content (AvgIpc) is 2.93. The van der Waals surface area contributed by atoms with E-state index in [-0.39, 0.29) is 0 Å². The van der Waals surface area contributed by atoms with E-state index in [4.69, 9.17) is 34.8 Å². The van der Waals surface area contributed by atoms with Crippen LogP contribution in [-0.2, 0) is 0 Å². The van der Waals surface area contributed by atoms with Crippen LogP contribution in [0.4, 0.5) is 11.6 Å². The molecule has 5 nitrogen and oxygen atoms in total. The highest BCUT2D eigenvalue weighted by atomic mass is 35.5.